The van der Waals surface area contributed by atoms with E-state index in [0.29, 0.717) is 5.92 Å². The molecule has 0 aliphatic carbocycles. The van der Waals surface area contributed by atoms with Gasteiger partial charge in [-0.05, 0) is 12.1 Å². The van der Waals surface area contributed by atoms with Crippen molar-refractivity contribution in [3.63, 3.8) is 0 Å². The minimum Gasteiger partial charge on any atom is -0.492 e. The van der Waals surface area contributed by atoms with Gasteiger partial charge in [-0.3, -0.25) is 0 Å². The number of hydrogen-bond acceptors (Lipinski definition) is 2. The number of rotatable bonds is 0. The van der Waals surface area contributed by atoms with Crippen LogP contribution >= 0.6 is 0 Å². The van der Waals surface area contributed by atoms with Crippen molar-refractivity contribution >= 4 is 5.69 Å². The Morgan fingerprint density at radius 3 is 3.27 bits per heavy atom. The molecule has 2 N–H and O–H groups in total. The van der Waals surface area contributed by atoms with Crippen molar-refractivity contribution in [1.29, 1.82) is 0 Å². The fraction of sp³-hybridized carbons (Fsp3) is 0.333. The number of nitrogens with two attached hydrogens (primary N) is 1. The third-order valence-corrected chi connectivity index (χ3v) is 2.00. The molecule has 0 fully saturated rings. The minimum atomic E-state index is 0.419. The van der Waals surface area contributed by atoms with E-state index in [1.54, 1.807) is 6.07 Å². The molecule has 2 rings (SSSR count). The number of hydrogen-bond donors (Lipinski definition) is 1. The monoisotopic (exact) mass is 148 g/mol. The predicted octanol–water partition coefficient (Wildman–Crippen LogP) is 1.56. The van der Waals surface area contributed by atoms with E-state index in [-0.39, 0.29) is 0 Å². The smallest absolute Gasteiger partial charge is 0.132 e. The summed E-state index contributed by atoms with van der Waals surface area (Å²) >= 11 is 0. The largest absolute Gasteiger partial charge is 0.492 e. The molecule has 1 unspecified atom stereocenters. The van der Waals surface area contributed by atoms with Crippen LogP contribution in [-0.4, -0.2) is 6.61 Å². The fourth-order valence-corrected chi connectivity index (χ4v) is 1.43. The van der Waals surface area contributed by atoms with Crippen LogP contribution in [0.15, 0.2) is 12.1 Å². The summed E-state index contributed by atoms with van der Waals surface area (Å²) < 4.78 is 5.36. The van der Waals surface area contributed by atoms with E-state index in [1.807, 2.05) is 6.07 Å². The summed E-state index contributed by atoms with van der Waals surface area (Å²) in [5.74, 6) is 1.25. The van der Waals surface area contributed by atoms with Gasteiger partial charge < -0.3 is 10.5 Å². The Morgan fingerprint density at radius 1 is 1.73 bits per heavy atom. The van der Waals surface area contributed by atoms with Gasteiger partial charge in [-0.25, -0.2) is 0 Å². The standard InChI is InChI=1S/C9H10NO/c1-6-5-11-8-4-2-3-7(10)9(6)8/h2-3,6H,5,10H2,1H3. The van der Waals surface area contributed by atoms with Gasteiger partial charge >= 0.3 is 0 Å². The van der Waals surface area contributed by atoms with E-state index in [9.17, 15) is 0 Å². The predicted molar refractivity (Wildman–Crippen MR) is 43.6 cm³/mol. The lowest BCUT2D eigenvalue weighted by atomic mass is 10.0. The summed E-state index contributed by atoms with van der Waals surface area (Å²) in [5, 5.41) is 0. The van der Waals surface area contributed by atoms with Gasteiger partial charge in [-0.2, -0.15) is 0 Å². The first-order valence-corrected chi connectivity index (χ1v) is 3.72. The molecule has 1 atom stereocenters. The van der Waals surface area contributed by atoms with Gasteiger partial charge in [0.25, 0.3) is 0 Å². The first kappa shape index (κ1) is 6.53. The lowest BCUT2D eigenvalue weighted by molar-refractivity contribution is 0.337. The SMILES string of the molecule is CC1COc2[c]ccc(N)c21. The first-order valence-electron chi connectivity index (χ1n) is 3.72. The van der Waals surface area contributed by atoms with Crippen molar-refractivity contribution in [2.75, 3.05) is 12.3 Å². The van der Waals surface area contributed by atoms with Crippen molar-refractivity contribution in [2.24, 2.45) is 0 Å². The molecule has 0 bridgehead atoms. The third kappa shape index (κ3) is 0.862. The van der Waals surface area contributed by atoms with Crippen LogP contribution in [0.1, 0.15) is 18.4 Å². The molecule has 2 heteroatoms. The molecule has 1 aromatic carbocycles. The maximum absolute atomic E-state index is 5.76. The second-order valence-corrected chi connectivity index (χ2v) is 2.89. The van der Waals surface area contributed by atoms with Crippen LogP contribution in [0.3, 0.4) is 0 Å². The minimum absolute atomic E-state index is 0.419. The highest BCUT2D eigenvalue weighted by Crippen LogP contribution is 2.36. The zero-order chi connectivity index (χ0) is 7.84. The maximum Gasteiger partial charge on any atom is 0.132 e. The highest BCUT2D eigenvalue weighted by molar-refractivity contribution is 5.57. The highest BCUT2D eigenvalue weighted by atomic mass is 16.5. The fourth-order valence-electron chi connectivity index (χ4n) is 1.43. The summed E-state index contributed by atoms with van der Waals surface area (Å²) in [6, 6.07) is 6.68. The quantitative estimate of drug-likeness (QED) is 0.567. The zero-order valence-corrected chi connectivity index (χ0v) is 6.42. The summed E-state index contributed by atoms with van der Waals surface area (Å²) in [4.78, 5) is 0. The number of anilines is 1. The van der Waals surface area contributed by atoms with Crippen LogP contribution in [0.4, 0.5) is 5.69 Å². The van der Waals surface area contributed by atoms with Gasteiger partial charge in [0.2, 0.25) is 0 Å². The van der Waals surface area contributed by atoms with Crippen molar-refractivity contribution in [2.45, 2.75) is 12.8 Å². The van der Waals surface area contributed by atoms with Crippen molar-refractivity contribution in [3.05, 3.63) is 23.8 Å². The summed E-state index contributed by atoms with van der Waals surface area (Å²) in [6.07, 6.45) is 0. The summed E-state index contributed by atoms with van der Waals surface area (Å²) in [7, 11) is 0. The molecule has 1 heterocycles. The number of nitrogen functional groups attached to an aromatic ring is 1. The molecule has 0 aromatic heterocycles. The molecule has 2 nitrogen and oxygen atoms in total. The number of ether oxygens (including phenoxy) is 1. The Balaban J connectivity index is 2.58. The zero-order valence-electron chi connectivity index (χ0n) is 6.42. The van der Waals surface area contributed by atoms with E-state index >= 15 is 0 Å². The van der Waals surface area contributed by atoms with Crippen LogP contribution in [0, 0.1) is 6.07 Å². The molecule has 1 aliphatic heterocycles. The Morgan fingerprint density at radius 2 is 2.55 bits per heavy atom. The second kappa shape index (κ2) is 2.16. The van der Waals surface area contributed by atoms with E-state index in [1.165, 1.54) is 0 Å². The summed E-state index contributed by atoms with van der Waals surface area (Å²) in [6.45, 7) is 2.84. The van der Waals surface area contributed by atoms with Crippen molar-refractivity contribution < 1.29 is 4.74 Å². The highest BCUT2D eigenvalue weighted by Gasteiger charge is 2.21. The Labute approximate surface area is 66.0 Å². The average Bonchev–Trinajstić information content (AvgIpc) is 2.34. The van der Waals surface area contributed by atoms with Crippen LogP contribution in [0.25, 0.3) is 0 Å². The third-order valence-electron chi connectivity index (χ3n) is 2.00. The van der Waals surface area contributed by atoms with E-state index in [0.717, 1.165) is 23.6 Å². The van der Waals surface area contributed by atoms with Gasteiger partial charge in [0.1, 0.15) is 5.75 Å². The van der Waals surface area contributed by atoms with Gasteiger partial charge in [-0.1, -0.05) is 6.92 Å². The normalized spacial score (nSPS) is 21.0. The van der Waals surface area contributed by atoms with E-state index < -0.39 is 0 Å². The maximum atomic E-state index is 5.76. The molecule has 57 valence electrons. The lowest BCUT2D eigenvalue weighted by Gasteiger charge is -2.02. The first-order chi connectivity index (χ1) is 5.29. The van der Waals surface area contributed by atoms with Crippen molar-refractivity contribution in [3.8, 4) is 5.75 Å². The van der Waals surface area contributed by atoms with Crippen LogP contribution in [0.5, 0.6) is 5.75 Å². The molecule has 0 amide bonds. The Hall–Kier alpha value is -1.18. The Kier molecular flexibility index (Phi) is 1.28. The summed E-state index contributed by atoms with van der Waals surface area (Å²) in [5.41, 5.74) is 7.70. The topological polar surface area (TPSA) is 35.2 Å². The van der Waals surface area contributed by atoms with Crippen LogP contribution in [-0.2, 0) is 0 Å². The lowest BCUT2D eigenvalue weighted by Crippen LogP contribution is -1.96. The molecular formula is C9H10NO. The Bertz CT molecular complexity index is 283. The van der Waals surface area contributed by atoms with Gasteiger partial charge in [0, 0.05) is 23.2 Å². The molecule has 1 aliphatic rings. The molecule has 1 aromatic rings. The second-order valence-electron chi connectivity index (χ2n) is 2.89. The molecule has 0 saturated heterocycles. The molecule has 0 spiro atoms. The van der Waals surface area contributed by atoms with Crippen molar-refractivity contribution in [1.82, 2.24) is 0 Å². The molecule has 0 saturated carbocycles. The molecular weight excluding hydrogens is 138 g/mol. The van der Waals surface area contributed by atoms with Gasteiger partial charge in [0.05, 0.1) is 6.61 Å². The van der Waals surface area contributed by atoms with E-state index in [4.69, 9.17) is 10.5 Å². The van der Waals surface area contributed by atoms with E-state index in [2.05, 4.69) is 13.0 Å². The van der Waals surface area contributed by atoms with Gasteiger partial charge in [-0.15, -0.1) is 0 Å². The number of benzene rings is 1. The molecule has 11 heavy (non-hydrogen) atoms. The molecule has 1 radical (unpaired) electrons. The number of fused-ring (bicyclic) bond motifs is 1. The van der Waals surface area contributed by atoms with Gasteiger partial charge in [0.15, 0.2) is 0 Å². The average molecular weight is 148 g/mol. The van der Waals surface area contributed by atoms with Crippen LogP contribution < -0.4 is 10.5 Å². The van der Waals surface area contributed by atoms with Crippen LogP contribution in [0.2, 0.25) is 0 Å².